The molecule has 2 aromatic heterocycles. The highest BCUT2D eigenvalue weighted by atomic mass is 19.1. The van der Waals surface area contributed by atoms with Gasteiger partial charge in [-0.25, -0.2) is 19.0 Å². The van der Waals surface area contributed by atoms with Crippen LogP contribution in [0.15, 0.2) is 73.2 Å². The van der Waals surface area contributed by atoms with E-state index in [0.717, 1.165) is 24.2 Å². The molecule has 0 unspecified atom stereocenters. The normalized spacial score (nSPS) is 10.8. The predicted molar refractivity (Wildman–Crippen MR) is 128 cm³/mol. The van der Waals surface area contributed by atoms with Crippen molar-refractivity contribution in [2.45, 2.75) is 26.9 Å². The minimum atomic E-state index is -0.378. The number of amides is 1. The molecule has 0 aliphatic heterocycles. The molecule has 0 radical (unpaired) electrons. The lowest BCUT2D eigenvalue weighted by Crippen LogP contribution is -2.31. The molecule has 0 N–H and O–H groups in total. The number of nitrogens with zero attached hydrogens (tertiary/aromatic N) is 7. The van der Waals surface area contributed by atoms with Crippen molar-refractivity contribution >= 4 is 17.5 Å². The zero-order chi connectivity index (χ0) is 23.9. The summed E-state index contributed by atoms with van der Waals surface area (Å²) in [4.78, 5) is 25.9. The van der Waals surface area contributed by atoms with Gasteiger partial charge in [0.2, 0.25) is 5.95 Å². The predicted octanol–water partition coefficient (Wildman–Crippen LogP) is 3.95. The molecule has 0 aliphatic rings. The third-order valence-corrected chi connectivity index (χ3v) is 5.41. The van der Waals surface area contributed by atoms with Crippen LogP contribution in [0.5, 0.6) is 0 Å². The Kier molecular flexibility index (Phi) is 7.22. The van der Waals surface area contributed by atoms with Crippen molar-refractivity contribution in [3.63, 3.8) is 0 Å². The quantitative estimate of drug-likeness (QED) is 0.377. The van der Waals surface area contributed by atoms with Gasteiger partial charge in [0.1, 0.15) is 5.82 Å². The van der Waals surface area contributed by atoms with Crippen LogP contribution in [-0.4, -0.2) is 44.0 Å². The molecule has 174 valence electrons. The Bertz CT molecular complexity index is 1210. The highest BCUT2D eigenvalue weighted by Crippen LogP contribution is 2.20. The fraction of sp³-hybridized carbons (Fsp3) is 0.240. The van der Waals surface area contributed by atoms with E-state index in [1.54, 1.807) is 35.4 Å². The Morgan fingerprint density at radius 3 is 2.26 bits per heavy atom. The molecule has 34 heavy (non-hydrogen) atoms. The van der Waals surface area contributed by atoms with Crippen molar-refractivity contribution in [1.29, 1.82) is 0 Å². The molecule has 4 aromatic rings. The van der Waals surface area contributed by atoms with Crippen LogP contribution in [0.1, 0.15) is 35.5 Å². The first-order valence-corrected chi connectivity index (χ1v) is 11.1. The van der Waals surface area contributed by atoms with Crippen molar-refractivity contribution in [3.05, 3.63) is 95.8 Å². The third kappa shape index (κ3) is 5.43. The van der Waals surface area contributed by atoms with Crippen molar-refractivity contribution < 1.29 is 9.18 Å². The lowest BCUT2D eigenvalue weighted by Gasteiger charge is -2.22. The molecular formula is C25H26FN7O. The SMILES string of the molecule is CCN(CC)c1ncc(CN(C(=O)c2cn(Cc3ccccc3)nn2)c2ccc(F)cc2)cn1. The van der Waals surface area contributed by atoms with E-state index in [-0.39, 0.29) is 24.0 Å². The van der Waals surface area contributed by atoms with Gasteiger partial charge in [-0.2, -0.15) is 0 Å². The molecule has 9 heteroatoms. The fourth-order valence-corrected chi connectivity index (χ4v) is 3.57. The molecule has 0 saturated carbocycles. The Labute approximate surface area is 197 Å². The molecule has 4 rings (SSSR count). The van der Waals surface area contributed by atoms with Crippen molar-refractivity contribution in [2.75, 3.05) is 22.9 Å². The van der Waals surface area contributed by atoms with E-state index in [1.807, 2.05) is 49.1 Å². The van der Waals surface area contributed by atoms with E-state index >= 15 is 0 Å². The van der Waals surface area contributed by atoms with Crippen LogP contribution >= 0.6 is 0 Å². The first-order chi connectivity index (χ1) is 16.6. The standard InChI is InChI=1S/C25H26FN7O/c1-3-31(4-2)25-27-14-20(15-28-25)17-33(22-12-10-21(26)11-13-22)24(34)23-18-32(30-29-23)16-19-8-6-5-7-9-19/h5-15,18H,3-4,16-17H2,1-2H3. The first kappa shape index (κ1) is 23.0. The van der Waals surface area contributed by atoms with E-state index in [9.17, 15) is 9.18 Å². The van der Waals surface area contributed by atoms with Gasteiger partial charge in [0, 0.05) is 36.7 Å². The molecule has 0 bridgehead atoms. The summed E-state index contributed by atoms with van der Waals surface area (Å²) in [5, 5.41) is 8.20. The van der Waals surface area contributed by atoms with Gasteiger partial charge in [-0.3, -0.25) is 4.79 Å². The second-order valence-corrected chi connectivity index (χ2v) is 7.72. The lowest BCUT2D eigenvalue weighted by atomic mass is 10.2. The second-order valence-electron chi connectivity index (χ2n) is 7.72. The van der Waals surface area contributed by atoms with Crippen LogP contribution in [0, 0.1) is 5.82 Å². The molecule has 0 spiro atoms. The number of anilines is 2. The van der Waals surface area contributed by atoms with Crippen LogP contribution in [-0.2, 0) is 13.1 Å². The van der Waals surface area contributed by atoms with Crippen LogP contribution < -0.4 is 9.80 Å². The molecule has 1 amide bonds. The lowest BCUT2D eigenvalue weighted by molar-refractivity contribution is 0.0980. The van der Waals surface area contributed by atoms with Crippen molar-refractivity contribution in [3.8, 4) is 0 Å². The smallest absolute Gasteiger partial charge is 0.280 e. The first-order valence-electron chi connectivity index (χ1n) is 11.1. The summed E-state index contributed by atoms with van der Waals surface area (Å²) in [6, 6.07) is 15.6. The highest BCUT2D eigenvalue weighted by molar-refractivity contribution is 6.04. The number of carbonyl (C=O) groups excluding carboxylic acids is 1. The molecule has 2 heterocycles. The summed E-state index contributed by atoms with van der Waals surface area (Å²) in [7, 11) is 0. The molecule has 0 saturated heterocycles. The number of aromatic nitrogens is 5. The van der Waals surface area contributed by atoms with Gasteiger partial charge in [0.05, 0.1) is 19.3 Å². The van der Waals surface area contributed by atoms with Crippen LogP contribution in [0.3, 0.4) is 0 Å². The van der Waals surface area contributed by atoms with Crippen LogP contribution in [0.2, 0.25) is 0 Å². The second kappa shape index (κ2) is 10.7. The number of halogens is 1. The van der Waals surface area contributed by atoms with Gasteiger partial charge in [0.25, 0.3) is 5.91 Å². The largest absolute Gasteiger partial charge is 0.341 e. The Morgan fingerprint density at radius 1 is 0.941 bits per heavy atom. The minimum absolute atomic E-state index is 0.195. The van der Waals surface area contributed by atoms with Gasteiger partial charge in [-0.05, 0) is 43.7 Å². The average Bonchev–Trinajstić information content (AvgIpc) is 3.33. The molecular weight excluding hydrogens is 433 g/mol. The fourth-order valence-electron chi connectivity index (χ4n) is 3.57. The van der Waals surface area contributed by atoms with E-state index < -0.39 is 0 Å². The summed E-state index contributed by atoms with van der Waals surface area (Å²) in [5.74, 6) is -0.0899. The van der Waals surface area contributed by atoms with Gasteiger partial charge in [-0.15, -0.1) is 5.10 Å². The van der Waals surface area contributed by atoms with Gasteiger partial charge in [0.15, 0.2) is 5.69 Å². The monoisotopic (exact) mass is 459 g/mol. The van der Waals surface area contributed by atoms with Crippen LogP contribution in [0.4, 0.5) is 16.0 Å². The van der Waals surface area contributed by atoms with Crippen molar-refractivity contribution in [2.24, 2.45) is 0 Å². The van der Waals surface area contributed by atoms with E-state index in [1.165, 1.54) is 17.0 Å². The number of rotatable bonds is 9. The maximum Gasteiger partial charge on any atom is 0.280 e. The Morgan fingerprint density at radius 2 is 1.62 bits per heavy atom. The summed E-state index contributed by atoms with van der Waals surface area (Å²) in [5.41, 5.74) is 2.52. The molecule has 8 nitrogen and oxygen atoms in total. The molecule has 0 fully saturated rings. The molecule has 0 atom stereocenters. The number of hydrogen-bond acceptors (Lipinski definition) is 6. The summed E-state index contributed by atoms with van der Waals surface area (Å²) in [6.07, 6.45) is 5.03. The summed E-state index contributed by atoms with van der Waals surface area (Å²) < 4.78 is 15.2. The highest BCUT2D eigenvalue weighted by Gasteiger charge is 2.22. The minimum Gasteiger partial charge on any atom is -0.341 e. The number of benzene rings is 2. The summed E-state index contributed by atoms with van der Waals surface area (Å²) in [6.45, 7) is 6.39. The maximum absolute atomic E-state index is 13.5. The van der Waals surface area contributed by atoms with E-state index in [0.29, 0.717) is 18.2 Å². The maximum atomic E-state index is 13.5. The van der Waals surface area contributed by atoms with Crippen molar-refractivity contribution in [1.82, 2.24) is 25.0 Å². The zero-order valence-electron chi connectivity index (χ0n) is 19.2. The average molecular weight is 460 g/mol. The third-order valence-electron chi connectivity index (χ3n) is 5.41. The topological polar surface area (TPSA) is 80.0 Å². The van der Waals surface area contributed by atoms with Gasteiger partial charge in [-0.1, -0.05) is 35.5 Å². The van der Waals surface area contributed by atoms with Gasteiger partial charge >= 0.3 is 0 Å². The molecule has 0 aliphatic carbocycles. The van der Waals surface area contributed by atoms with E-state index in [4.69, 9.17) is 0 Å². The number of hydrogen-bond donors (Lipinski definition) is 0. The Hall–Kier alpha value is -4.14. The van der Waals surface area contributed by atoms with Gasteiger partial charge < -0.3 is 9.80 Å². The Balaban J connectivity index is 1.58. The molecule has 2 aromatic carbocycles. The van der Waals surface area contributed by atoms with Crippen LogP contribution in [0.25, 0.3) is 0 Å². The summed E-state index contributed by atoms with van der Waals surface area (Å²) >= 11 is 0. The van der Waals surface area contributed by atoms with E-state index in [2.05, 4.69) is 20.3 Å². The zero-order valence-corrected chi connectivity index (χ0v) is 19.2. The number of carbonyl (C=O) groups is 1.